The average molecular weight is 1160 g/mol. The first-order valence-corrected chi connectivity index (χ1v) is 36.1. The van der Waals surface area contributed by atoms with Crippen LogP contribution in [0.3, 0.4) is 0 Å². The van der Waals surface area contributed by atoms with Crippen LogP contribution in [0.5, 0.6) is 0 Å². The van der Waals surface area contributed by atoms with E-state index in [1.807, 2.05) is 0 Å². The van der Waals surface area contributed by atoms with Gasteiger partial charge in [0.15, 0.2) is 6.10 Å². The summed E-state index contributed by atoms with van der Waals surface area (Å²) in [7, 11) is 0. The van der Waals surface area contributed by atoms with Crippen molar-refractivity contribution in [2.75, 3.05) is 13.2 Å². The fraction of sp³-hybridized carbons (Fsp3) is 0.779. The quantitative estimate of drug-likeness (QED) is 0.0261. The van der Waals surface area contributed by atoms with E-state index in [4.69, 9.17) is 14.2 Å². The summed E-state index contributed by atoms with van der Waals surface area (Å²) < 4.78 is 16.9. The van der Waals surface area contributed by atoms with Crippen LogP contribution < -0.4 is 0 Å². The maximum Gasteiger partial charge on any atom is 0.306 e. The Morgan fingerprint density at radius 3 is 0.747 bits per heavy atom. The van der Waals surface area contributed by atoms with Crippen LogP contribution in [0.2, 0.25) is 0 Å². The van der Waals surface area contributed by atoms with E-state index in [9.17, 15) is 14.4 Å². The molecule has 0 aromatic rings. The summed E-state index contributed by atoms with van der Waals surface area (Å²) in [6.45, 7) is 6.41. The molecule has 0 aliphatic heterocycles. The Kier molecular flexibility index (Phi) is 68.2. The van der Waals surface area contributed by atoms with Gasteiger partial charge in [-0.1, -0.05) is 343 Å². The second-order valence-electron chi connectivity index (χ2n) is 24.1. The molecule has 0 aromatic heterocycles. The lowest BCUT2D eigenvalue weighted by Crippen LogP contribution is -2.30. The van der Waals surface area contributed by atoms with Crippen LogP contribution in [0.1, 0.15) is 367 Å². The smallest absolute Gasteiger partial charge is 0.306 e. The molecule has 0 aromatic carbocycles. The van der Waals surface area contributed by atoms with Crippen LogP contribution in [-0.4, -0.2) is 37.2 Å². The molecule has 0 saturated carbocycles. The summed E-state index contributed by atoms with van der Waals surface area (Å²) in [5.74, 6) is -0.935. The minimum absolute atomic E-state index is 0.0939. The zero-order valence-electron chi connectivity index (χ0n) is 55.2. The summed E-state index contributed by atoms with van der Waals surface area (Å²) in [6.07, 6.45) is 95.1. The molecule has 0 heterocycles. The van der Waals surface area contributed by atoms with Crippen LogP contribution in [0.4, 0.5) is 0 Å². The van der Waals surface area contributed by atoms with Crippen molar-refractivity contribution in [2.45, 2.75) is 374 Å². The van der Waals surface area contributed by atoms with Crippen LogP contribution >= 0.6 is 0 Å². The third kappa shape index (κ3) is 69.3. The van der Waals surface area contributed by atoms with Crippen LogP contribution in [0.15, 0.2) is 85.1 Å². The summed E-state index contributed by atoms with van der Waals surface area (Å²) in [5, 5.41) is 0. The molecule has 6 heteroatoms. The van der Waals surface area contributed by atoms with Gasteiger partial charge in [0.05, 0.1) is 0 Å². The predicted octanol–water partition coefficient (Wildman–Crippen LogP) is 25.0. The van der Waals surface area contributed by atoms with Gasteiger partial charge in [-0.15, -0.1) is 0 Å². The Hall–Kier alpha value is -3.41. The average Bonchev–Trinajstić information content (AvgIpc) is 3.49. The van der Waals surface area contributed by atoms with Crippen LogP contribution in [0.25, 0.3) is 0 Å². The van der Waals surface area contributed by atoms with Crippen molar-refractivity contribution in [1.82, 2.24) is 0 Å². The molecule has 83 heavy (non-hydrogen) atoms. The summed E-state index contributed by atoms with van der Waals surface area (Å²) in [6, 6.07) is 0. The molecule has 0 fully saturated rings. The molecular weight excluding hydrogens is 1020 g/mol. The largest absolute Gasteiger partial charge is 0.462 e. The Bertz CT molecular complexity index is 1570. The molecule has 1 unspecified atom stereocenters. The number of esters is 3. The van der Waals surface area contributed by atoms with Crippen molar-refractivity contribution in [3.63, 3.8) is 0 Å². The number of carbonyl (C=O) groups is 3. The minimum Gasteiger partial charge on any atom is -0.462 e. The second kappa shape index (κ2) is 71.1. The van der Waals surface area contributed by atoms with Gasteiger partial charge in [-0.2, -0.15) is 0 Å². The molecule has 1 atom stereocenters. The minimum atomic E-state index is -0.802. The van der Waals surface area contributed by atoms with Crippen LogP contribution in [-0.2, 0) is 28.6 Å². The van der Waals surface area contributed by atoms with E-state index in [-0.39, 0.29) is 31.1 Å². The standard InChI is InChI=1S/C77H136O6/c1-4-7-10-13-16-19-22-25-27-29-30-31-32-33-34-35-36-37-38-39-40-41-42-43-44-45-46-48-49-52-55-58-61-64-67-70-76(79)82-73-74(72-81-75(78)69-66-63-60-57-54-51-24-21-18-15-12-9-6-3)83-77(80)71-68-65-62-59-56-53-50-47-28-26-23-20-17-14-11-8-5-2/h8-9,11-12,17-18,20-21,26,28,50-51,53-54,74H,4-7,10,13-16,19,22-25,27,29-49,52,55-73H2,1-3H3/b11-8-,12-9-,20-17-,21-18-,28-26-,53-50-,54-51-. The molecule has 0 bridgehead atoms. The van der Waals surface area contributed by atoms with Gasteiger partial charge in [0, 0.05) is 19.3 Å². The molecule has 0 aliphatic carbocycles. The summed E-state index contributed by atoms with van der Waals surface area (Å²) in [4.78, 5) is 38.3. The SMILES string of the molecule is CC/C=C\C/C=C\C/C=C\C/C=C\CCCCCCC(=O)OC(COC(=O)CCCCC/C=C\C/C=C\C/C=C\CC)COC(=O)CCCCCCCCCCCCCCCCCCCCCCCCCCCCCCCCCCCCC. The van der Waals surface area contributed by atoms with E-state index >= 15 is 0 Å². The van der Waals surface area contributed by atoms with Crippen molar-refractivity contribution in [3.8, 4) is 0 Å². The zero-order chi connectivity index (χ0) is 59.9. The molecule has 6 nitrogen and oxygen atoms in total. The lowest BCUT2D eigenvalue weighted by atomic mass is 10.0. The molecule has 0 amide bonds. The van der Waals surface area contributed by atoms with Gasteiger partial charge in [0.2, 0.25) is 0 Å². The molecular formula is C77H136O6. The topological polar surface area (TPSA) is 78.9 Å². The first kappa shape index (κ1) is 79.6. The molecule has 0 aliphatic rings. The second-order valence-corrected chi connectivity index (χ2v) is 24.1. The van der Waals surface area contributed by atoms with Crippen LogP contribution in [0, 0.1) is 0 Å². The van der Waals surface area contributed by atoms with Gasteiger partial charge in [0.1, 0.15) is 13.2 Å². The molecule has 0 radical (unpaired) electrons. The number of ether oxygens (including phenoxy) is 3. The molecule has 480 valence electrons. The van der Waals surface area contributed by atoms with E-state index in [1.165, 1.54) is 205 Å². The number of unbranched alkanes of at least 4 members (excludes halogenated alkanes) is 41. The number of rotatable bonds is 66. The molecule has 0 N–H and O–H groups in total. The van der Waals surface area contributed by atoms with Crippen molar-refractivity contribution < 1.29 is 28.6 Å². The maximum atomic E-state index is 12.9. The number of carbonyl (C=O) groups excluding carboxylic acids is 3. The molecule has 0 spiro atoms. The number of allylic oxidation sites excluding steroid dienone is 14. The van der Waals surface area contributed by atoms with E-state index < -0.39 is 6.10 Å². The Balaban J connectivity index is 4.11. The van der Waals surface area contributed by atoms with Gasteiger partial charge in [-0.3, -0.25) is 14.4 Å². The first-order chi connectivity index (χ1) is 41.0. The lowest BCUT2D eigenvalue weighted by molar-refractivity contribution is -0.167. The van der Waals surface area contributed by atoms with Crippen molar-refractivity contribution in [2.24, 2.45) is 0 Å². The lowest BCUT2D eigenvalue weighted by Gasteiger charge is -2.18. The highest BCUT2D eigenvalue weighted by Crippen LogP contribution is 2.19. The highest BCUT2D eigenvalue weighted by Gasteiger charge is 2.19. The third-order valence-corrected chi connectivity index (χ3v) is 15.9. The monoisotopic (exact) mass is 1160 g/mol. The van der Waals surface area contributed by atoms with E-state index in [0.717, 1.165) is 122 Å². The first-order valence-electron chi connectivity index (χ1n) is 36.1. The molecule has 0 saturated heterocycles. The number of hydrogen-bond acceptors (Lipinski definition) is 6. The number of hydrogen-bond donors (Lipinski definition) is 0. The Labute approximate surface area is 515 Å². The van der Waals surface area contributed by atoms with E-state index in [0.29, 0.717) is 19.3 Å². The predicted molar refractivity (Wildman–Crippen MR) is 362 cm³/mol. The summed E-state index contributed by atoms with van der Waals surface area (Å²) in [5.41, 5.74) is 0. The third-order valence-electron chi connectivity index (χ3n) is 15.9. The van der Waals surface area contributed by atoms with Crippen molar-refractivity contribution in [1.29, 1.82) is 0 Å². The van der Waals surface area contributed by atoms with Gasteiger partial charge in [0.25, 0.3) is 0 Å². The van der Waals surface area contributed by atoms with Gasteiger partial charge in [-0.05, 0) is 89.9 Å². The highest BCUT2D eigenvalue weighted by molar-refractivity contribution is 5.71. The maximum absolute atomic E-state index is 12.9. The fourth-order valence-corrected chi connectivity index (χ4v) is 10.6. The highest BCUT2D eigenvalue weighted by atomic mass is 16.6. The van der Waals surface area contributed by atoms with Gasteiger partial charge >= 0.3 is 17.9 Å². The van der Waals surface area contributed by atoms with Crippen molar-refractivity contribution >= 4 is 17.9 Å². The van der Waals surface area contributed by atoms with Gasteiger partial charge < -0.3 is 14.2 Å². The Morgan fingerprint density at radius 1 is 0.253 bits per heavy atom. The van der Waals surface area contributed by atoms with E-state index in [2.05, 4.69) is 106 Å². The Morgan fingerprint density at radius 2 is 0.470 bits per heavy atom. The summed E-state index contributed by atoms with van der Waals surface area (Å²) >= 11 is 0. The van der Waals surface area contributed by atoms with Gasteiger partial charge in [-0.25, -0.2) is 0 Å². The van der Waals surface area contributed by atoms with Crippen molar-refractivity contribution in [3.05, 3.63) is 85.1 Å². The fourth-order valence-electron chi connectivity index (χ4n) is 10.6. The van der Waals surface area contributed by atoms with E-state index in [1.54, 1.807) is 0 Å². The molecule has 0 rings (SSSR count). The normalized spacial score (nSPS) is 12.6. The zero-order valence-corrected chi connectivity index (χ0v) is 55.2.